The molecule has 8 nitrogen and oxygen atoms in total. The first-order valence-electron chi connectivity index (χ1n) is 10.5. The number of nitrogens with one attached hydrogen (secondary N) is 2. The Hall–Kier alpha value is -3.86. The van der Waals surface area contributed by atoms with Gasteiger partial charge in [-0.2, -0.15) is 4.98 Å². The summed E-state index contributed by atoms with van der Waals surface area (Å²) in [5.41, 5.74) is 2.31. The molecule has 2 N–H and O–H groups in total. The molecule has 178 valence electrons. The third-order valence-electron chi connectivity index (χ3n) is 4.90. The number of benzene rings is 2. The second kappa shape index (κ2) is 9.96. The first kappa shape index (κ1) is 23.3. The van der Waals surface area contributed by atoms with E-state index in [1.807, 2.05) is 13.0 Å². The molecule has 0 radical (unpaired) electrons. The summed E-state index contributed by atoms with van der Waals surface area (Å²) in [6.45, 7) is 4.64. The Balaban J connectivity index is 1.38. The van der Waals surface area contributed by atoms with Crippen LogP contribution < -0.4 is 20.3 Å². The number of amides is 1. The molecule has 2 aromatic carbocycles. The highest BCUT2D eigenvalue weighted by Gasteiger charge is 2.31. The Morgan fingerprint density at radius 3 is 2.29 bits per heavy atom. The minimum absolute atomic E-state index is 0.198. The van der Waals surface area contributed by atoms with Crippen LogP contribution in [0, 0.1) is 6.92 Å². The number of nitrogens with zero attached hydrogens (tertiary/aromatic N) is 3. The number of anilines is 4. The summed E-state index contributed by atoms with van der Waals surface area (Å²) in [4.78, 5) is 23.6. The smallest absolute Gasteiger partial charge is 0.406 e. The number of carbonyl (C=O) groups excluding carboxylic acids is 1. The molecule has 3 aromatic rings. The van der Waals surface area contributed by atoms with Crippen LogP contribution in [0.3, 0.4) is 0 Å². The molecule has 1 fully saturated rings. The fraction of sp³-hybridized carbons (Fsp3) is 0.261. The van der Waals surface area contributed by atoms with Crippen molar-refractivity contribution in [1.29, 1.82) is 0 Å². The highest BCUT2D eigenvalue weighted by Crippen LogP contribution is 2.24. The number of ether oxygens (including phenoxy) is 2. The predicted octanol–water partition coefficient (Wildman–Crippen LogP) is 4.52. The van der Waals surface area contributed by atoms with Gasteiger partial charge in [-0.3, -0.25) is 4.79 Å². The van der Waals surface area contributed by atoms with Gasteiger partial charge >= 0.3 is 6.36 Å². The van der Waals surface area contributed by atoms with Crippen LogP contribution in [0.4, 0.5) is 36.3 Å². The van der Waals surface area contributed by atoms with Crippen LogP contribution in [0.5, 0.6) is 5.75 Å². The number of aryl methyl sites for hydroxylation is 1. The molecular formula is C23H22F3N5O3. The van der Waals surface area contributed by atoms with Gasteiger partial charge in [-0.1, -0.05) is 0 Å². The quantitative estimate of drug-likeness (QED) is 0.544. The Morgan fingerprint density at radius 2 is 1.65 bits per heavy atom. The summed E-state index contributed by atoms with van der Waals surface area (Å²) in [7, 11) is 0. The van der Waals surface area contributed by atoms with Crippen molar-refractivity contribution in [2.45, 2.75) is 13.3 Å². The number of morpholine rings is 1. The van der Waals surface area contributed by atoms with Crippen LogP contribution in [0.2, 0.25) is 0 Å². The number of alkyl halides is 3. The molecule has 4 rings (SSSR count). The van der Waals surface area contributed by atoms with E-state index in [4.69, 9.17) is 4.74 Å². The normalized spacial score (nSPS) is 13.9. The van der Waals surface area contributed by atoms with Gasteiger partial charge in [-0.05, 0) is 55.5 Å². The van der Waals surface area contributed by atoms with Gasteiger partial charge in [0.05, 0.1) is 13.2 Å². The number of halogens is 3. The van der Waals surface area contributed by atoms with E-state index in [1.165, 1.54) is 12.1 Å². The van der Waals surface area contributed by atoms with Crippen LogP contribution in [-0.4, -0.2) is 48.5 Å². The van der Waals surface area contributed by atoms with Crippen molar-refractivity contribution in [3.8, 4) is 5.75 Å². The number of hydrogen-bond acceptors (Lipinski definition) is 7. The monoisotopic (exact) mass is 473 g/mol. The molecule has 0 saturated carbocycles. The number of carbonyl (C=O) groups is 1. The average molecular weight is 473 g/mol. The second-order valence-corrected chi connectivity index (χ2v) is 7.52. The maximum Gasteiger partial charge on any atom is 0.573 e. The molecular weight excluding hydrogens is 451 g/mol. The van der Waals surface area contributed by atoms with Gasteiger partial charge in [0.2, 0.25) is 5.95 Å². The van der Waals surface area contributed by atoms with Crippen LogP contribution in [0.25, 0.3) is 0 Å². The molecule has 1 aliphatic heterocycles. The lowest BCUT2D eigenvalue weighted by Crippen LogP contribution is -2.37. The summed E-state index contributed by atoms with van der Waals surface area (Å²) < 4.78 is 46.0. The van der Waals surface area contributed by atoms with E-state index < -0.39 is 18.0 Å². The summed E-state index contributed by atoms with van der Waals surface area (Å²) in [5.74, 6) is 0.435. The zero-order chi connectivity index (χ0) is 24.1. The molecule has 0 bridgehead atoms. The Kier molecular flexibility index (Phi) is 6.82. The maximum atomic E-state index is 12.4. The van der Waals surface area contributed by atoms with Crippen molar-refractivity contribution in [1.82, 2.24) is 9.97 Å². The van der Waals surface area contributed by atoms with Gasteiger partial charge in [0, 0.05) is 41.8 Å². The topological polar surface area (TPSA) is 88.6 Å². The Morgan fingerprint density at radius 1 is 1.00 bits per heavy atom. The molecule has 34 heavy (non-hydrogen) atoms. The van der Waals surface area contributed by atoms with Gasteiger partial charge < -0.3 is 25.0 Å². The van der Waals surface area contributed by atoms with Crippen molar-refractivity contribution < 1.29 is 27.4 Å². The van der Waals surface area contributed by atoms with Gasteiger partial charge in [-0.15, -0.1) is 13.2 Å². The molecule has 0 spiro atoms. The Labute approximate surface area is 193 Å². The van der Waals surface area contributed by atoms with Gasteiger partial charge in [0.15, 0.2) is 0 Å². The second-order valence-electron chi connectivity index (χ2n) is 7.52. The lowest BCUT2D eigenvalue weighted by molar-refractivity contribution is -0.274. The molecule has 2 heterocycles. The first-order chi connectivity index (χ1) is 16.2. The van der Waals surface area contributed by atoms with Crippen molar-refractivity contribution >= 4 is 29.0 Å². The first-order valence-corrected chi connectivity index (χ1v) is 10.5. The molecule has 0 atom stereocenters. The fourth-order valence-corrected chi connectivity index (χ4v) is 3.32. The Bertz CT molecular complexity index is 1130. The minimum Gasteiger partial charge on any atom is -0.406 e. The highest BCUT2D eigenvalue weighted by molar-refractivity contribution is 6.04. The molecule has 0 aliphatic carbocycles. The van der Waals surface area contributed by atoms with E-state index in [9.17, 15) is 18.0 Å². The zero-order valence-corrected chi connectivity index (χ0v) is 18.2. The number of rotatable bonds is 6. The zero-order valence-electron chi connectivity index (χ0n) is 18.2. The predicted molar refractivity (Wildman–Crippen MR) is 121 cm³/mol. The van der Waals surface area contributed by atoms with Crippen LogP contribution >= 0.6 is 0 Å². The molecule has 1 saturated heterocycles. The van der Waals surface area contributed by atoms with Crippen molar-refractivity contribution in [3.63, 3.8) is 0 Å². The van der Waals surface area contributed by atoms with E-state index in [0.29, 0.717) is 30.7 Å². The van der Waals surface area contributed by atoms with E-state index in [0.717, 1.165) is 36.6 Å². The molecule has 11 heteroatoms. The third kappa shape index (κ3) is 6.35. The largest absolute Gasteiger partial charge is 0.573 e. The molecule has 1 aliphatic rings. The van der Waals surface area contributed by atoms with Gasteiger partial charge in [0.1, 0.15) is 11.6 Å². The number of aromatic nitrogens is 2. The van der Waals surface area contributed by atoms with Gasteiger partial charge in [0.25, 0.3) is 5.91 Å². The van der Waals surface area contributed by atoms with Crippen molar-refractivity contribution in [2.24, 2.45) is 0 Å². The molecule has 1 aromatic heterocycles. The van der Waals surface area contributed by atoms with Crippen LogP contribution in [-0.2, 0) is 4.74 Å². The fourth-order valence-electron chi connectivity index (χ4n) is 3.32. The maximum absolute atomic E-state index is 12.4. The van der Waals surface area contributed by atoms with Crippen LogP contribution in [0.15, 0.2) is 54.6 Å². The van der Waals surface area contributed by atoms with E-state index in [1.54, 1.807) is 24.3 Å². The summed E-state index contributed by atoms with van der Waals surface area (Å²) >= 11 is 0. The van der Waals surface area contributed by atoms with E-state index in [-0.39, 0.29) is 5.56 Å². The molecule has 1 amide bonds. The number of hydrogen-bond donors (Lipinski definition) is 2. The standard InChI is InChI=1S/C23H22F3N5O3/c1-15-14-20(30-22(27-15)31-10-12-33-13-11-31)28-17-4-6-18(7-5-17)29-21(32)16-2-8-19(9-3-16)34-23(24,25)26/h2-9,14H,10-13H2,1H3,(H,29,32)(H,27,28,30). The lowest BCUT2D eigenvalue weighted by Gasteiger charge is -2.27. The summed E-state index contributed by atoms with van der Waals surface area (Å²) in [6.07, 6.45) is -4.78. The summed E-state index contributed by atoms with van der Waals surface area (Å²) in [6, 6.07) is 13.5. The highest BCUT2D eigenvalue weighted by atomic mass is 19.4. The molecule has 0 unspecified atom stereocenters. The van der Waals surface area contributed by atoms with Crippen LogP contribution in [0.1, 0.15) is 16.1 Å². The summed E-state index contributed by atoms with van der Waals surface area (Å²) in [5, 5.41) is 5.94. The minimum atomic E-state index is -4.78. The average Bonchev–Trinajstić information content (AvgIpc) is 2.80. The van der Waals surface area contributed by atoms with Gasteiger partial charge in [-0.25, -0.2) is 4.98 Å². The third-order valence-corrected chi connectivity index (χ3v) is 4.90. The van der Waals surface area contributed by atoms with E-state index >= 15 is 0 Å². The lowest BCUT2D eigenvalue weighted by atomic mass is 10.2. The van der Waals surface area contributed by atoms with Crippen molar-refractivity contribution in [2.75, 3.05) is 41.8 Å². The van der Waals surface area contributed by atoms with Crippen molar-refractivity contribution in [3.05, 3.63) is 65.9 Å². The SMILES string of the molecule is Cc1cc(Nc2ccc(NC(=O)c3ccc(OC(F)(F)F)cc3)cc2)nc(N2CCOCC2)n1. The van der Waals surface area contributed by atoms with E-state index in [2.05, 4.69) is 30.2 Å².